The van der Waals surface area contributed by atoms with E-state index >= 15 is 0 Å². The lowest BCUT2D eigenvalue weighted by atomic mass is 10.0. The molecule has 1 aromatic heterocycles. The summed E-state index contributed by atoms with van der Waals surface area (Å²) in [6.45, 7) is 1.86. The molecule has 2 rings (SSSR count). The molecule has 0 fully saturated rings. The first-order chi connectivity index (χ1) is 7.50. The van der Waals surface area contributed by atoms with Crippen molar-refractivity contribution < 1.29 is 15.0 Å². The molecule has 0 radical (unpaired) electrons. The normalized spacial score (nSPS) is 12.9. The number of carboxylic acid groups (broad SMARTS) is 1. The van der Waals surface area contributed by atoms with Crippen LogP contribution in [0.15, 0.2) is 18.2 Å². The topological polar surface area (TPSA) is 99.3 Å². The van der Waals surface area contributed by atoms with Crippen LogP contribution >= 0.6 is 0 Å². The zero-order chi connectivity index (χ0) is 11.9. The van der Waals surface area contributed by atoms with Gasteiger partial charge in [-0.25, -0.2) is 0 Å². The molecule has 0 bridgehead atoms. The minimum Gasteiger partial charge on any atom is -0.507 e. The Labute approximate surface area is 91.5 Å². The van der Waals surface area contributed by atoms with E-state index in [0.29, 0.717) is 5.39 Å². The number of H-pyrrole nitrogens is 1. The van der Waals surface area contributed by atoms with Gasteiger partial charge in [-0.1, -0.05) is 6.07 Å². The molecular weight excluding hydrogens is 208 g/mol. The fraction of sp³-hybridized carbons (Fsp3) is 0.182. The van der Waals surface area contributed by atoms with Gasteiger partial charge in [0.15, 0.2) is 0 Å². The Kier molecular flexibility index (Phi) is 2.32. The Balaban J connectivity index is 2.64. The van der Waals surface area contributed by atoms with Gasteiger partial charge < -0.3 is 20.9 Å². The summed E-state index contributed by atoms with van der Waals surface area (Å²) in [5.41, 5.74) is 7.34. The van der Waals surface area contributed by atoms with Crippen molar-refractivity contribution in [3.63, 3.8) is 0 Å². The summed E-state index contributed by atoms with van der Waals surface area (Å²) in [5.74, 6) is -1.24. The SMILES string of the molecule is Cc1cc2c(O)c(C(N)C(=O)O)ccc2[nH]1. The molecule has 0 aliphatic heterocycles. The van der Waals surface area contributed by atoms with Gasteiger partial charge in [0, 0.05) is 22.2 Å². The summed E-state index contributed by atoms with van der Waals surface area (Å²) in [7, 11) is 0. The molecule has 0 saturated heterocycles. The highest BCUT2D eigenvalue weighted by molar-refractivity contribution is 5.90. The van der Waals surface area contributed by atoms with Gasteiger partial charge in [0.25, 0.3) is 0 Å². The first-order valence-electron chi connectivity index (χ1n) is 4.80. The van der Waals surface area contributed by atoms with Crippen LogP contribution in [0.1, 0.15) is 17.3 Å². The standard InChI is InChI=1S/C11H12N2O3/c1-5-4-7-8(13-5)3-2-6(10(7)14)9(12)11(15)16/h2-4,9,13-14H,12H2,1H3,(H,15,16). The number of benzene rings is 1. The van der Waals surface area contributed by atoms with Gasteiger partial charge in [0.05, 0.1) is 0 Å². The van der Waals surface area contributed by atoms with Crippen LogP contribution in [0.25, 0.3) is 10.9 Å². The van der Waals surface area contributed by atoms with Crippen molar-refractivity contribution in [1.29, 1.82) is 0 Å². The molecule has 16 heavy (non-hydrogen) atoms. The number of fused-ring (bicyclic) bond motifs is 1. The summed E-state index contributed by atoms with van der Waals surface area (Å²) in [6, 6.07) is 3.77. The molecule has 2 aromatic rings. The summed E-state index contributed by atoms with van der Waals surface area (Å²) >= 11 is 0. The van der Waals surface area contributed by atoms with Crippen LogP contribution in [0.4, 0.5) is 0 Å². The minimum atomic E-state index is -1.21. The molecule has 1 aromatic carbocycles. The zero-order valence-electron chi connectivity index (χ0n) is 8.69. The molecule has 5 nitrogen and oxygen atoms in total. The highest BCUT2D eigenvalue weighted by atomic mass is 16.4. The Morgan fingerprint density at radius 2 is 2.19 bits per heavy atom. The molecule has 0 saturated carbocycles. The van der Waals surface area contributed by atoms with Gasteiger partial charge in [0.2, 0.25) is 0 Å². The number of aromatic hydroxyl groups is 1. The van der Waals surface area contributed by atoms with Crippen LogP contribution in [0.5, 0.6) is 5.75 Å². The molecule has 0 spiro atoms. The van der Waals surface area contributed by atoms with Gasteiger partial charge >= 0.3 is 5.97 Å². The van der Waals surface area contributed by atoms with Gasteiger partial charge in [-0.05, 0) is 19.1 Å². The molecule has 0 amide bonds. The largest absolute Gasteiger partial charge is 0.507 e. The van der Waals surface area contributed by atoms with Crippen molar-refractivity contribution in [2.45, 2.75) is 13.0 Å². The van der Waals surface area contributed by atoms with Crippen LogP contribution in [0.2, 0.25) is 0 Å². The highest BCUT2D eigenvalue weighted by Crippen LogP contribution is 2.32. The summed E-state index contributed by atoms with van der Waals surface area (Å²) < 4.78 is 0. The molecular formula is C11H12N2O3. The number of nitrogens with two attached hydrogens (primary N) is 1. The Bertz CT molecular complexity index is 560. The lowest BCUT2D eigenvalue weighted by Crippen LogP contribution is -2.20. The Morgan fingerprint density at radius 1 is 1.50 bits per heavy atom. The van der Waals surface area contributed by atoms with Crippen molar-refractivity contribution in [2.75, 3.05) is 0 Å². The predicted molar refractivity (Wildman–Crippen MR) is 59.3 cm³/mol. The predicted octanol–water partition coefficient (Wildman–Crippen LogP) is 1.27. The Hall–Kier alpha value is -2.01. The van der Waals surface area contributed by atoms with Gasteiger partial charge in [0.1, 0.15) is 11.8 Å². The van der Waals surface area contributed by atoms with Crippen LogP contribution in [0.3, 0.4) is 0 Å². The third kappa shape index (κ3) is 1.51. The smallest absolute Gasteiger partial charge is 0.325 e. The van der Waals surface area contributed by atoms with Gasteiger partial charge in [-0.2, -0.15) is 0 Å². The molecule has 0 aliphatic rings. The number of hydrogen-bond acceptors (Lipinski definition) is 3. The van der Waals surface area contributed by atoms with Gasteiger partial charge in [-0.15, -0.1) is 0 Å². The number of aromatic nitrogens is 1. The number of carboxylic acids is 1. The second-order valence-electron chi connectivity index (χ2n) is 3.73. The van der Waals surface area contributed by atoms with E-state index in [1.807, 2.05) is 6.92 Å². The van der Waals surface area contributed by atoms with Crippen molar-refractivity contribution in [1.82, 2.24) is 4.98 Å². The minimum absolute atomic E-state index is 0.0725. The maximum atomic E-state index is 10.7. The van der Waals surface area contributed by atoms with Crippen LogP contribution in [0, 0.1) is 6.92 Å². The fourth-order valence-corrected chi connectivity index (χ4v) is 1.73. The van der Waals surface area contributed by atoms with E-state index < -0.39 is 12.0 Å². The first-order valence-corrected chi connectivity index (χ1v) is 4.80. The van der Waals surface area contributed by atoms with Crippen LogP contribution in [-0.2, 0) is 4.79 Å². The second kappa shape index (κ2) is 3.53. The number of rotatable bonds is 2. The number of hydrogen-bond donors (Lipinski definition) is 4. The van der Waals surface area contributed by atoms with Crippen LogP contribution in [-0.4, -0.2) is 21.2 Å². The zero-order valence-corrected chi connectivity index (χ0v) is 8.69. The quantitative estimate of drug-likeness (QED) is 0.612. The average molecular weight is 220 g/mol. The third-order valence-corrected chi connectivity index (χ3v) is 2.54. The first kappa shape index (κ1) is 10.5. The fourth-order valence-electron chi connectivity index (χ4n) is 1.73. The van der Waals surface area contributed by atoms with Gasteiger partial charge in [-0.3, -0.25) is 4.79 Å². The molecule has 0 aliphatic carbocycles. The molecule has 1 atom stereocenters. The molecule has 5 N–H and O–H groups in total. The average Bonchev–Trinajstić information content (AvgIpc) is 2.59. The lowest BCUT2D eigenvalue weighted by molar-refractivity contribution is -0.138. The summed E-state index contributed by atoms with van der Waals surface area (Å²) in [6.07, 6.45) is 0. The lowest BCUT2D eigenvalue weighted by Gasteiger charge is -2.09. The summed E-state index contributed by atoms with van der Waals surface area (Å²) in [4.78, 5) is 13.8. The van der Waals surface area contributed by atoms with E-state index in [0.717, 1.165) is 11.2 Å². The number of carbonyl (C=O) groups is 1. The van der Waals surface area contributed by atoms with E-state index in [2.05, 4.69) is 4.98 Å². The van der Waals surface area contributed by atoms with Crippen LogP contribution < -0.4 is 5.73 Å². The summed E-state index contributed by atoms with van der Waals surface area (Å²) in [5, 5.41) is 19.3. The van der Waals surface area contributed by atoms with Crippen molar-refractivity contribution >= 4 is 16.9 Å². The molecule has 84 valence electrons. The highest BCUT2D eigenvalue weighted by Gasteiger charge is 2.19. The molecule has 5 heteroatoms. The maximum absolute atomic E-state index is 10.7. The number of phenolic OH excluding ortho intramolecular Hbond substituents is 1. The van der Waals surface area contributed by atoms with E-state index in [4.69, 9.17) is 10.8 Å². The number of aromatic amines is 1. The van der Waals surface area contributed by atoms with Crippen molar-refractivity contribution in [3.05, 3.63) is 29.5 Å². The second-order valence-corrected chi connectivity index (χ2v) is 3.73. The van der Waals surface area contributed by atoms with E-state index in [-0.39, 0.29) is 11.3 Å². The Morgan fingerprint density at radius 3 is 2.81 bits per heavy atom. The maximum Gasteiger partial charge on any atom is 0.325 e. The third-order valence-electron chi connectivity index (χ3n) is 2.54. The van der Waals surface area contributed by atoms with E-state index in [9.17, 15) is 9.90 Å². The van der Waals surface area contributed by atoms with E-state index in [1.165, 1.54) is 6.07 Å². The number of nitrogens with one attached hydrogen (secondary N) is 1. The van der Waals surface area contributed by atoms with Crippen molar-refractivity contribution in [3.8, 4) is 5.75 Å². The monoisotopic (exact) mass is 220 g/mol. The number of phenols is 1. The van der Waals surface area contributed by atoms with E-state index in [1.54, 1.807) is 12.1 Å². The number of aliphatic carboxylic acids is 1. The van der Waals surface area contributed by atoms with Crippen molar-refractivity contribution in [2.24, 2.45) is 5.73 Å². The number of aryl methyl sites for hydroxylation is 1. The molecule has 1 unspecified atom stereocenters. The molecule has 1 heterocycles.